The molecule has 1 amide bonds. The van der Waals surface area contributed by atoms with Crippen molar-refractivity contribution >= 4 is 39.9 Å². The smallest absolute Gasteiger partial charge is 0.294 e. The Labute approximate surface area is 216 Å². The topological polar surface area (TPSA) is 98.4 Å². The minimum Gasteiger partial charge on any atom is -0.503 e. The van der Waals surface area contributed by atoms with E-state index in [-0.39, 0.29) is 18.1 Å². The number of hydrogen-bond acceptors (Lipinski definition) is 7. The summed E-state index contributed by atoms with van der Waals surface area (Å²) in [6.07, 6.45) is 0. The quantitative estimate of drug-likeness (QED) is 0.313. The third kappa shape index (κ3) is 3.86. The van der Waals surface area contributed by atoms with Crippen LogP contribution in [0.1, 0.15) is 29.1 Å². The highest BCUT2D eigenvalue weighted by molar-refractivity contribution is 6.31. The average molecular weight is 518 g/mol. The number of halogens is 1. The zero-order chi connectivity index (χ0) is 25.7. The van der Waals surface area contributed by atoms with Gasteiger partial charge in [-0.2, -0.15) is 0 Å². The molecule has 8 nitrogen and oxygen atoms in total. The van der Waals surface area contributed by atoms with Gasteiger partial charge in [-0.3, -0.25) is 14.5 Å². The van der Waals surface area contributed by atoms with E-state index in [2.05, 4.69) is 0 Å². The summed E-state index contributed by atoms with van der Waals surface area (Å²) in [4.78, 5) is 28.6. The Bertz CT molecular complexity index is 1590. The van der Waals surface area contributed by atoms with E-state index in [4.69, 9.17) is 30.2 Å². The fourth-order valence-electron chi connectivity index (χ4n) is 4.63. The summed E-state index contributed by atoms with van der Waals surface area (Å²) >= 11 is 6.09. The SMILES string of the molecule is CCOc1ccc(C2C(C(=O)c3cc4cc(Cl)ccc4o3)=C(O)C(=O)N2c2ccc3c(c2)OCO3)cc1. The highest BCUT2D eigenvalue weighted by atomic mass is 35.5. The summed E-state index contributed by atoms with van der Waals surface area (Å²) in [5, 5.41) is 12.2. The van der Waals surface area contributed by atoms with Crippen molar-refractivity contribution in [1.29, 1.82) is 0 Å². The zero-order valence-electron chi connectivity index (χ0n) is 19.6. The molecule has 4 aromatic rings. The molecule has 0 bridgehead atoms. The summed E-state index contributed by atoms with van der Waals surface area (Å²) in [6.45, 7) is 2.44. The number of benzene rings is 3. The van der Waals surface area contributed by atoms with Crippen molar-refractivity contribution in [2.24, 2.45) is 0 Å². The minimum absolute atomic E-state index is 0.0184. The van der Waals surface area contributed by atoms with E-state index in [1.165, 1.54) is 4.90 Å². The van der Waals surface area contributed by atoms with Crippen LogP contribution in [-0.2, 0) is 4.79 Å². The summed E-state index contributed by atoms with van der Waals surface area (Å²) in [5.41, 5.74) is 1.39. The van der Waals surface area contributed by atoms with Crippen molar-refractivity contribution in [2.45, 2.75) is 13.0 Å². The fraction of sp³-hybridized carbons (Fsp3) is 0.143. The lowest BCUT2D eigenvalue weighted by Crippen LogP contribution is -2.31. The van der Waals surface area contributed by atoms with Crippen LogP contribution in [-0.4, -0.2) is 30.2 Å². The Kier molecular flexibility index (Phi) is 5.53. The number of aliphatic hydroxyl groups excluding tert-OH is 1. The monoisotopic (exact) mass is 517 g/mol. The maximum atomic E-state index is 13.8. The van der Waals surface area contributed by atoms with Crippen molar-refractivity contribution in [2.75, 3.05) is 18.3 Å². The fourth-order valence-corrected chi connectivity index (χ4v) is 4.81. The normalized spacial score (nSPS) is 16.6. The van der Waals surface area contributed by atoms with E-state index in [0.29, 0.717) is 51.1 Å². The molecule has 6 rings (SSSR count). The molecule has 1 N–H and O–H groups in total. The van der Waals surface area contributed by atoms with Crippen LogP contribution in [0, 0.1) is 0 Å². The number of aliphatic hydroxyl groups is 1. The lowest BCUT2D eigenvalue weighted by Gasteiger charge is -2.27. The summed E-state index contributed by atoms with van der Waals surface area (Å²) < 4.78 is 22.2. The van der Waals surface area contributed by atoms with Crippen LogP contribution >= 0.6 is 11.6 Å². The minimum atomic E-state index is -0.937. The van der Waals surface area contributed by atoms with Gasteiger partial charge in [-0.25, -0.2) is 0 Å². The van der Waals surface area contributed by atoms with Gasteiger partial charge in [-0.15, -0.1) is 0 Å². The number of ketones is 1. The van der Waals surface area contributed by atoms with Gasteiger partial charge in [0, 0.05) is 22.2 Å². The largest absolute Gasteiger partial charge is 0.503 e. The standard InChI is InChI=1S/C28H20ClNO7/c1-2-34-19-7-3-15(4-8-19)25-24(26(31)23-12-16-11-17(29)5-9-20(16)37-23)27(32)28(33)30(25)18-6-10-21-22(13-18)36-14-35-21/h3-13,25,32H,2,14H2,1H3. The first kappa shape index (κ1) is 23.0. The molecule has 0 saturated heterocycles. The molecule has 37 heavy (non-hydrogen) atoms. The third-order valence-corrected chi connectivity index (χ3v) is 6.53. The molecule has 0 radical (unpaired) electrons. The Hall–Kier alpha value is -4.43. The number of fused-ring (bicyclic) bond motifs is 2. The zero-order valence-corrected chi connectivity index (χ0v) is 20.3. The van der Waals surface area contributed by atoms with E-state index in [0.717, 1.165) is 0 Å². The predicted octanol–water partition coefficient (Wildman–Crippen LogP) is 6.00. The summed E-state index contributed by atoms with van der Waals surface area (Å²) in [5.74, 6) is -0.359. The van der Waals surface area contributed by atoms with Gasteiger partial charge in [0.05, 0.1) is 18.2 Å². The van der Waals surface area contributed by atoms with Crippen molar-refractivity contribution in [1.82, 2.24) is 0 Å². The Morgan fingerprint density at radius 2 is 1.84 bits per heavy atom. The Morgan fingerprint density at radius 1 is 1.05 bits per heavy atom. The van der Waals surface area contributed by atoms with Crippen LogP contribution in [0.5, 0.6) is 17.2 Å². The molecule has 1 unspecified atom stereocenters. The van der Waals surface area contributed by atoms with Gasteiger partial charge < -0.3 is 23.7 Å². The molecule has 0 aliphatic carbocycles. The molecule has 0 fully saturated rings. The van der Waals surface area contributed by atoms with Crippen molar-refractivity contribution in [3.8, 4) is 17.2 Å². The lowest BCUT2D eigenvalue weighted by atomic mass is 9.94. The van der Waals surface area contributed by atoms with Gasteiger partial charge in [-0.1, -0.05) is 23.7 Å². The first-order chi connectivity index (χ1) is 17.9. The number of amides is 1. The van der Waals surface area contributed by atoms with Crippen LogP contribution in [0.2, 0.25) is 5.02 Å². The molecule has 9 heteroatoms. The second-order valence-corrected chi connectivity index (χ2v) is 8.94. The van der Waals surface area contributed by atoms with Gasteiger partial charge in [0.15, 0.2) is 23.0 Å². The van der Waals surface area contributed by atoms with E-state index in [1.54, 1.807) is 66.7 Å². The molecule has 3 heterocycles. The van der Waals surface area contributed by atoms with E-state index >= 15 is 0 Å². The van der Waals surface area contributed by atoms with Crippen LogP contribution in [0.15, 0.2) is 82.5 Å². The first-order valence-electron chi connectivity index (χ1n) is 11.6. The number of anilines is 1. The highest BCUT2D eigenvalue weighted by Crippen LogP contribution is 2.45. The second-order valence-electron chi connectivity index (χ2n) is 8.50. The van der Waals surface area contributed by atoms with Gasteiger partial charge in [0.2, 0.25) is 12.6 Å². The number of carbonyl (C=O) groups excluding carboxylic acids is 2. The van der Waals surface area contributed by atoms with E-state index < -0.39 is 23.5 Å². The number of rotatable bonds is 6. The van der Waals surface area contributed by atoms with E-state index in [1.807, 2.05) is 6.92 Å². The highest BCUT2D eigenvalue weighted by Gasteiger charge is 2.45. The van der Waals surface area contributed by atoms with Crippen LogP contribution in [0.25, 0.3) is 11.0 Å². The van der Waals surface area contributed by atoms with Crippen LogP contribution in [0.3, 0.4) is 0 Å². The number of carbonyl (C=O) groups is 2. The predicted molar refractivity (Wildman–Crippen MR) is 136 cm³/mol. The summed E-state index contributed by atoms with van der Waals surface area (Å²) in [6, 6.07) is 17.6. The Morgan fingerprint density at radius 3 is 2.62 bits per heavy atom. The van der Waals surface area contributed by atoms with Crippen LogP contribution in [0.4, 0.5) is 5.69 Å². The average Bonchev–Trinajstić information content (AvgIpc) is 3.60. The first-order valence-corrected chi connectivity index (χ1v) is 12.0. The van der Waals surface area contributed by atoms with Crippen molar-refractivity contribution in [3.63, 3.8) is 0 Å². The summed E-state index contributed by atoms with van der Waals surface area (Å²) in [7, 11) is 0. The molecule has 1 aromatic heterocycles. The molecule has 186 valence electrons. The van der Waals surface area contributed by atoms with Gasteiger partial charge >= 0.3 is 0 Å². The molecule has 0 spiro atoms. The Balaban J connectivity index is 1.47. The van der Waals surface area contributed by atoms with E-state index in [9.17, 15) is 14.7 Å². The van der Waals surface area contributed by atoms with Gasteiger partial charge in [-0.05, 0) is 61.0 Å². The maximum Gasteiger partial charge on any atom is 0.294 e. The maximum absolute atomic E-state index is 13.8. The molecule has 0 saturated carbocycles. The van der Waals surface area contributed by atoms with Crippen molar-refractivity contribution in [3.05, 3.63) is 94.4 Å². The molecule has 2 aliphatic heterocycles. The van der Waals surface area contributed by atoms with Crippen molar-refractivity contribution < 1.29 is 33.3 Å². The third-order valence-electron chi connectivity index (χ3n) is 6.30. The number of Topliss-reactive ketones (excluding diaryl/α,β-unsaturated/α-hetero) is 1. The van der Waals surface area contributed by atoms with Gasteiger partial charge in [0.1, 0.15) is 11.3 Å². The van der Waals surface area contributed by atoms with Gasteiger partial charge in [0.25, 0.3) is 5.91 Å². The molecular weight excluding hydrogens is 498 g/mol. The number of ether oxygens (including phenoxy) is 3. The molecular formula is C28H20ClNO7. The molecule has 3 aromatic carbocycles. The lowest BCUT2D eigenvalue weighted by molar-refractivity contribution is -0.117. The molecule has 2 aliphatic rings. The number of nitrogens with zero attached hydrogens (tertiary/aromatic N) is 1. The number of hydrogen-bond donors (Lipinski definition) is 1. The second kappa shape index (κ2) is 8.90. The van der Waals surface area contributed by atoms with Crippen LogP contribution < -0.4 is 19.1 Å². The molecule has 1 atom stereocenters. The number of furan rings is 1.